The monoisotopic (exact) mass is 506 g/mol. The third kappa shape index (κ3) is 5.28. The molecule has 0 aromatic heterocycles. The molecule has 0 spiro atoms. The summed E-state index contributed by atoms with van der Waals surface area (Å²) in [6.07, 6.45) is 1.91. The molecule has 1 saturated heterocycles. The van der Waals surface area contributed by atoms with E-state index >= 15 is 0 Å². The van der Waals surface area contributed by atoms with Crippen molar-refractivity contribution in [2.24, 2.45) is 5.92 Å². The SMILES string of the molecule is CCc1cccc(CC)c1N1C[C@@H](C(=O)Nc2ccc(Oc3ccc(Br)cc3)cc2)CC1=O. The predicted octanol–water partition coefficient (Wildman–Crippen LogP) is 6.36. The number of benzene rings is 3. The first-order valence-electron chi connectivity index (χ1n) is 11.2. The average Bonchev–Trinajstić information content (AvgIpc) is 3.22. The molecule has 0 unspecified atom stereocenters. The standard InChI is InChI=1S/C27H27BrN2O3/c1-3-18-6-5-7-19(4-2)26(18)30-17-20(16-25(30)31)27(32)29-22-10-14-24(15-11-22)33-23-12-8-21(28)9-13-23/h5-15,20H,3-4,16-17H2,1-2H3,(H,29,32)/t20-/m0/s1. The quantitative estimate of drug-likeness (QED) is 0.405. The number of para-hydroxylation sites is 1. The van der Waals surface area contributed by atoms with Gasteiger partial charge in [-0.05, 0) is 72.5 Å². The van der Waals surface area contributed by atoms with E-state index < -0.39 is 0 Å². The van der Waals surface area contributed by atoms with E-state index in [9.17, 15) is 9.59 Å². The molecule has 2 amide bonds. The minimum absolute atomic E-state index is 0.00370. The van der Waals surface area contributed by atoms with Gasteiger partial charge in [0.25, 0.3) is 0 Å². The molecule has 1 aliphatic rings. The van der Waals surface area contributed by atoms with E-state index in [0.29, 0.717) is 18.0 Å². The molecule has 1 N–H and O–H groups in total. The number of ether oxygens (including phenoxy) is 1. The maximum absolute atomic E-state index is 12.9. The van der Waals surface area contributed by atoms with Crippen molar-refractivity contribution in [2.75, 3.05) is 16.8 Å². The number of carbonyl (C=O) groups excluding carboxylic acids is 2. The Labute approximate surface area is 202 Å². The van der Waals surface area contributed by atoms with E-state index in [-0.39, 0.29) is 24.2 Å². The van der Waals surface area contributed by atoms with Crippen molar-refractivity contribution < 1.29 is 14.3 Å². The number of halogens is 1. The third-order valence-electron chi connectivity index (χ3n) is 5.90. The first-order chi connectivity index (χ1) is 16.0. The summed E-state index contributed by atoms with van der Waals surface area (Å²) in [7, 11) is 0. The van der Waals surface area contributed by atoms with Crippen LogP contribution in [0.3, 0.4) is 0 Å². The smallest absolute Gasteiger partial charge is 0.229 e. The van der Waals surface area contributed by atoms with Crippen molar-refractivity contribution in [1.82, 2.24) is 0 Å². The molecule has 5 nitrogen and oxygen atoms in total. The lowest BCUT2D eigenvalue weighted by Gasteiger charge is -2.23. The van der Waals surface area contributed by atoms with Crippen LogP contribution < -0.4 is 15.0 Å². The molecule has 0 aliphatic carbocycles. The summed E-state index contributed by atoms with van der Waals surface area (Å²) < 4.78 is 6.82. The molecule has 0 saturated carbocycles. The van der Waals surface area contributed by atoms with Crippen LogP contribution in [0.2, 0.25) is 0 Å². The zero-order valence-electron chi connectivity index (χ0n) is 18.8. The van der Waals surface area contributed by atoms with E-state index in [1.165, 1.54) is 0 Å². The van der Waals surface area contributed by atoms with Gasteiger partial charge in [-0.1, -0.05) is 48.0 Å². The van der Waals surface area contributed by atoms with Crippen molar-refractivity contribution in [3.8, 4) is 11.5 Å². The molecule has 4 rings (SSSR count). The molecule has 3 aromatic carbocycles. The van der Waals surface area contributed by atoms with Crippen LogP contribution in [0.4, 0.5) is 11.4 Å². The van der Waals surface area contributed by atoms with Crippen molar-refractivity contribution in [2.45, 2.75) is 33.1 Å². The largest absolute Gasteiger partial charge is 0.457 e. The normalized spacial score (nSPS) is 15.5. The zero-order valence-corrected chi connectivity index (χ0v) is 20.4. The van der Waals surface area contributed by atoms with Crippen molar-refractivity contribution in [3.63, 3.8) is 0 Å². The minimum atomic E-state index is -0.384. The Hall–Kier alpha value is -3.12. The van der Waals surface area contributed by atoms with Gasteiger partial charge in [-0.15, -0.1) is 0 Å². The number of nitrogens with one attached hydrogen (secondary N) is 1. The van der Waals surface area contributed by atoms with Gasteiger partial charge in [-0.25, -0.2) is 0 Å². The molecule has 1 aliphatic heterocycles. The van der Waals surface area contributed by atoms with Gasteiger partial charge in [-0.3, -0.25) is 9.59 Å². The lowest BCUT2D eigenvalue weighted by Crippen LogP contribution is -2.29. The summed E-state index contributed by atoms with van der Waals surface area (Å²) in [4.78, 5) is 27.6. The molecule has 1 heterocycles. The van der Waals surface area contributed by atoms with E-state index in [1.54, 1.807) is 4.90 Å². The summed E-state index contributed by atoms with van der Waals surface area (Å²) >= 11 is 3.41. The van der Waals surface area contributed by atoms with Gasteiger partial charge in [0.1, 0.15) is 11.5 Å². The van der Waals surface area contributed by atoms with Crippen LogP contribution in [0.25, 0.3) is 0 Å². The summed E-state index contributed by atoms with van der Waals surface area (Å²) in [6, 6.07) is 21.0. The molecular formula is C27H27BrN2O3. The molecule has 1 fully saturated rings. The molecule has 3 aromatic rings. The lowest BCUT2D eigenvalue weighted by atomic mass is 10.0. The Morgan fingerprint density at radius 1 is 0.970 bits per heavy atom. The summed E-state index contributed by atoms with van der Waals surface area (Å²) in [5.41, 5.74) is 3.95. The number of carbonyl (C=O) groups is 2. The summed E-state index contributed by atoms with van der Waals surface area (Å²) in [6.45, 7) is 4.58. The number of amides is 2. The molecular weight excluding hydrogens is 480 g/mol. The third-order valence-corrected chi connectivity index (χ3v) is 6.43. The Morgan fingerprint density at radius 2 is 1.55 bits per heavy atom. The highest BCUT2D eigenvalue weighted by Crippen LogP contribution is 2.33. The van der Waals surface area contributed by atoms with Gasteiger partial charge in [0.2, 0.25) is 11.8 Å². The molecule has 33 heavy (non-hydrogen) atoms. The van der Waals surface area contributed by atoms with Crippen molar-refractivity contribution in [3.05, 3.63) is 82.3 Å². The highest BCUT2D eigenvalue weighted by atomic mass is 79.9. The van der Waals surface area contributed by atoms with Crippen molar-refractivity contribution in [1.29, 1.82) is 0 Å². The van der Waals surface area contributed by atoms with Gasteiger partial charge in [0.05, 0.1) is 5.92 Å². The second kappa shape index (κ2) is 10.2. The van der Waals surface area contributed by atoms with Crippen LogP contribution in [0, 0.1) is 5.92 Å². The van der Waals surface area contributed by atoms with E-state index in [4.69, 9.17) is 4.74 Å². The number of rotatable bonds is 7. The number of hydrogen-bond acceptors (Lipinski definition) is 3. The van der Waals surface area contributed by atoms with Gasteiger partial charge in [0.15, 0.2) is 0 Å². The second-order valence-electron chi connectivity index (χ2n) is 8.11. The Balaban J connectivity index is 1.41. The highest BCUT2D eigenvalue weighted by Gasteiger charge is 2.36. The van der Waals surface area contributed by atoms with E-state index in [2.05, 4.69) is 47.2 Å². The minimum Gasteiger partial charge on any atom is -0.457 e. The van der Waals surface area contributed by atoms with Crippen LogP contribution in [0.5, 0.6) is 11.5 Å². The fraction of sp³-hybridized carbons (Fsp3) is 0.259. The van der Waals surface area contributed by atoms with Crippen LogP contribution >= 0.6 is 15.9 Å². The maximum atomic E-state index is 12.9. The summed E-state index contributed by atoms with van der Waals surface area (Å²) in [5, 5.41) is 2.95. The van der Waals surface area contributed by atoms with E-state index in [0.717, 1.165) is 39.9 Å². The Morgan fingerprint density at radius 3 is 2.12 bits per heavy atom. The van der Waals surface area contributed by atoms with Crippen LogP contribution in [-0.4, -0.2) is 18.4 Å². The zero-order chi connectivity index (χ0) is 23.4. The molecule has 0 bridgehead atoms. The number of nitrogens with zero attached hydrogens (tertiary/aromatic N) is 1. The average molecular weight is 507 g/mol. The fourth-order valence-electron chi connectivity index (χ4n) is 4.15. The Kier molecular flexibility index (Phi) is 7.14. The van der Waals surface area contributed by atoms with Gasteiger partial charge in [0, 0.05) is 28.8 Å². The molecule has 170 valence electrons. The predicted molar refractivity (Wildman–Crippen MR) is 135 cm³/mol. The van der Waals surface area contributed by atoms with Gasteiger partial charge in [-0.2, -0.15) is 0 Å². The topological polar surface area (TPSA) is 58.6 Å². The fourth-order valence-corrected chi connectivity index (χ4v) is 4.41. The summed E-state index contributed by atoms with van der Waals surface area (Å²) in [5.74, 6) is 0.897. The highest BCUT2D eigenvalue weighted by molar-refractivity contribution is 9.10. The van der Waals surface area contributed by atoms with E-state index in [1.807, 2.05) is 54.6 Å². The van der Waals surface area contributed by atoms with Crippen LogP contribution in [0.1, 0.15) is 31.4 Å². The molecule has 0 radical (unpaired) electrons. The van der Waals surface area contributed by atoms with Crippen LogP contribution in [0.15, 0.2) is 71.2 Å². The van der Waals surface area contributed by atoms with Crippen LogP contribution in [-0.2, 0) is 22.4 Å². The van der Waals surface area contributed by atoms with Gasteiger partial charge < -0.3 is 15.0 Å². The molecule has 1 atom stereocenters. The lowest BCUT2D eigenvalue weighted by molar-refractivity contribution is -0.122. The first kappa shape index (κ1) is 23.1. The molecule has 6 heteroatoms. The number of anilines is 2. The Bertz CT molecular complexity index is 1120. The van der Waals surface area contributed by atoms with Crippen molar-refractivity contribution >= 4 is 39.1 Å². The number of hydrogen-bond donors (Lipinski definition) is 1. The first-order valence-corrected chi connectivity index (χ1v) is 12.0. The second-order valence-corrected chi connectivity index (χ2v) is 9.02. The maximum Gasteiger partial charge on any atom is 0.229 e. The van der Waals surface area contributed by atoms with Gasteiger partial charge >= 0.3 is 0 Å². The number of aryl methyl sites for hydroxylation is 2.